The lowest BCUT2D eigenvalue weighted by Crippen LogP contribution is -2.35. The lowest BCUT2D eigenvalue weighted by atomic mass is 10.1. The molecule has 2 N–H and O–H groups in total. The minimum atomic E-state index is 0.165. The number of methoxy groups -OCH3 is 1. The monoisotopic (exact) mass is 250 g/mol. The van der Waals surface area contributed by atoms with Gasteiger partial charge in [0.2, 0.25) is 5.88 Å². The fourth-order valence-electron chi connectivity index (χ4n) is 2.35. The van der Waals surface area contributed by atoms with Crippen molar-refractivity contribution in [3.05, 3.63) is 23.9 Å². The summed E-state index contributed by atoms with van der Waals surface area (Å²) in [5.74, 6) is 0.626. The molecule has 100 valence electrons. The van der Waals surface area contributed by atoms with Crippen LogP contribution in [0, 0.1) is 0 Å². The van der Waals surface area contributed by atoms with Crippen LogP contribution >= 0.6 is 0 Å². The zero-order chi connectivity index (χ0) is 12.8. The zero-order valence-corrected chi connectivity index (χ0v) is 11.0. The molecule has 2 atom stereocenters. The van der Waals surface area contributed by atoms with Crippen LogP contribution in [-0.2, 0) is 11.3 Å². The summed E-state index contributed by atoms with van der Waals surface area (Å²) in [6, 6.07) is 5.88. The van der Waals surface area contributed by atoms with E-state index in [1.807, 2.05) is 18.2 Å². The maximum absolute atomic E-state index is 6.13. The fourth-order valence-corrected chi connectivity index (χ4v) is 2.35. The molecule has 18 heavy (non-hydrogen) atoms. The van der Waals surface area contributed by atoms with Crippen molar-refractivity contribution in [2.75, 3.05) is 7.11 Å². The van der Waals surface area contributed by atoms with Gasteiger partial charge < -0.3 is 15.2 Å². The highest BCUT2D eigenvalue weighted by molar-refractivity contribution is 5.15. The van der Waals surface area contributed by atoms with Gasteiger partial charge in [0.1, 0.15) is 0 Å². The van der Waals surface area contributed by atoms with E-state index in [2.05, 4.69) is 4.98 Å². The van der Waals surface area contributed by atoms with Gasteiger partial charge in [0.15, 0.2) is 0 Å². The summed E-state index contributed by atoms with van der Waals surface area (Å²) in [6.07, 6.45) is 6.00. The molecule has 4 heteroatoms. The van der Waals surface area contributed by atoms with E-state index in [-0.39, 0.29) is 12.1 Å². The number of ether oxygens (including phenoxy) is 2. The van der Waals surface area contributed by atoms with E-state index in [0.29, 0.717) is 12.5 Å². The topological polar surface area (TPSA) is 57.4 Å². The Bertz CT molecular complexity index is 371. The third-order valence-electron chi connectivity index (χ3n) is 3.44. The van der Waals surface area contributed by atoms with Crippen molar-refractivity contribution in [3.8, 4) is 5.88 Å². The van der Waals surface area contributed by atoms with E-state index in [9.17, 15) is 0 Å². The van der Waals surface area contributed by atoms with Gasteiger partial charge in [-0.25, -0.2) is 4.98 Å². The second kappa shape index (κ2) is 6.71. The number of nitrogens with zero attached hydrogens (tertiary/aromatic N) is 1. The van der Waals surface area contributed by atoms with E-state index < -0.39 is 0 Å². The summed E-state index contributed by atoms with van der Waals surface area (Å²) in [5.41, 5.74) is 7.02. The number of aromatic nitrogens is 1. The van der Waals surface area contributed by atoms with Crippen LogP contribution in [-0.4, -0.2) is 24.2 Å². The number of rotatable bonds is 4. The van der Waals surface area contributed by atoms with Crippen LogP contribution in [0.4, 0.5) is 0 Å². The molecule has 0 bridgehead atoms. The second-order valence-electron chi connectivity index (χ2n) is 4.82. The lowest BCUT2D eigenvalue weighted by Gasteiger charge is -2.21. The number of nitrogens with two attached hydrogens (primary N) is 1. The first-order valence-electron chi connectivity index (χ1n) is 6.66. The summed E-state index contributed by atoms with van der Waals surface area (Å²) < 4.78 is 11.0. The average molecular weight is 250 g/mol. The number of hydrogen-bond donors (Lipinski definition) is 1. The van der Waals surface area contributed by atoms with E-state index in [1.165, 1.54) is 19.3 Å². The van der Waals surface area contributed by atoms with Gasteiger partial charge in [0, 0.05) is 12.1 Å². The molecule has 0 aliphatic heterocycles. The van der Waals surface area contributed by atoms with E-state index >= 15 is 0 Å². The Kier molecular flexibility index (Phi) is 4.96. The molecule has 1 aromatic rings. The first-order valence-corrected chi connectivity index (χ1v) is 6.66. The molecule has 0 spiro atoms. The van der Waals surface area contributed by atoms with Crippen LogP contribution < -0.4 is 10.5 Å². The molecule has 1 saturated carbocycles. The molecular weight excluding hydrogens is 228 g/mol. The highest BCUT2D eigenvalue weighted by Gasteiger charge is 2.20. The van der Waals surface area contributed by atoms with Crippen molar-refractivity contribution in [2.24, 2.45) is 5.73 Å². The largest absolute Gasteiger partial charge is 0.481 e. The summed E-state index contributed by atoms with van der Waals surface area (Å²) in [4.78, 5) is 4.34. The molecule has 0 saturated heterocycles. The van der Waals surface area contributed by atoms with Gasteiger partial charge >= 0.3 is 0 Å². The summed E-state index contributed by atoms with van der Waals surface area (Å²) in [7, 11) is 1.62. The Morgan fingerprint density at radius 3 is 2.94 bits per heavy atom. The Balaban J connectivity index is 1.89. The van der Waals surface area contributed by atoms with Crippen molar-refractivity contribution >= 4 is 0 Å². The van der Waals surface area contributed by atoms with Gasteiger partial charge in [-0.2, -0.15) is 0 Å². The summed E-state index contributed by atoms with van der Waals surface area (Å²) in [5, 5.41) is 0. The summed E-state index contributed by atoms with van der Waals surface area (Å²) >= 11 is 0. The Labute approximate surface area is 108 Å². The zero-order valence-electron chi connectivity index (χ0n) is 11.0. The SMILES string of the molecule is COc1cccc(COC2CCCCCC2N)n1. The van der Waals surface area contributed by atoms with Crippen LogP contribution in [0.5, 0.6) is 5.88 Å². The molecule has 4 nitrogen and oxygen atoms in total. The first kappa shape index (κ1) is 13.3. The van der Waals surface area contributed by atoms with E-state index in [0.717, 1.165) is 18.5 Å². The minimum Gasteiger partial charge on any atom is -0.481 e. The van der Waals surface area contributed by atoms with E-state index in [1.54, 1.807) is 7.11 Å². The normalized spacial score (nSPS) is 24.6. The number of pyridine rings is 1. The Hall–Kier alpha value is -1.13. The molecule has 0 amide bonds. The predicted octanol–water partition coefficient (Wildman–Crippen LogP) is 2.27. The lowest BCUT2D eigenvalue weighted by molar-refractivity contribution is 0.0176. The van der Waals surface area contributed by atoms with Gasteiger partial charge in [0.05, 0.1) is 25.5 Å². The van der Waals surface area contributed by atoms with E-state index in [4.69, 9.17) is 15.2 Å². The third kappa shape index (κ3) is 3.68. The Morgan fingerprint density at radius 2 is 2.11 bits per heavy atom. The molecule has 0 radical (unpaired) electrons. The maximum Gasteiger partial charge on any atom is 0.213 e. The first-order chi connectivity index (χ1) is 8.79. The molecule has 1 aromatic heterocycles. The van der Waals surface area contributed by atoms with Gasteiger partial charge in [0.25, 0.3) is 0 Å². The highest BCUT2D eigenvalue weighted by atomic mass is 16.5. The average Bonchev–Trinajstić information content (AvgIpc) is 2.61. The third-order valence-corrected chi connectivity index (χ3v) is 3.44. The van der Waals surface area contributed by atoms with Crippen molar-refractivity contribution in [3.63, 3.8) is 0 Å². The molecule has 0 aromatic carbocycles. The van der Waals surface area contributed by atoms with Gasteiger partial charge in [-0.1, -0.05) is 25.3 Å². The maximum atomic E-state index is 6.13. The van der Waals surface area contributed by atoms with Crippen molar-refractivity contribution in [1.29, 1.82) is 0 Å². The molecule has 1 fully saturated rings. The van der Waals surface area contributed by atoms with Crippen molar-refractivity contribution in [2.45, 2.75) is 50.9 Å². The smallest absolute Gasteiger partial charge is 0.213 e. The molecule has 2 unspecified atom stereocenters. The predicted molar refractivity (Wildman–Crippen MR) is 70.4 cm³/mol. The molecule has 1 heterocycles. The Morgan fingerprint density at radius 1 is 1.28 bits per heavy atom. The fraction of sp³-hybridized carbons (Fsp3) is 0.643. The van der Waals surface area contributed by atoms with Gasteiger partial charge in [-0.15, -0.1) is 0 Å². The second-order valence-corrected chi connectivity index (χ2v) is 4.82. The van der Waals surface area contributed by atoms with Crippen LogP contribution in [0.25, 0.3) is 0 Å². The quantitative estimate of drug-likeness (QED) is 0.833. The molecular formula is C14H22N2O2. The number of hydrogen-bond acceptors (Lipinski definition) is 4. The van der Waals surface area contributed by atoms with Crippen LogP contribution in [0.1, 0.15) is 37.8 Å². The van der Waals surface area contributed by atoms with Crippen molar-refractivity contribution in [1.82, 2.24) is 4.98 Å². The van der Waals surface area contributed by atoms with Crippen LogP contribution in [0.15, 0.2) is 18.2 Å². The van der Waals surface area contributed by atoms with Gasteiger partial charge in [-0.3, -0.25) is 0 Å². The molecule has 1 aliphatic carbocycles. The highest BCUT2D eigenvalue weighted by Crippen LogP contribution is 2.20. The standard InChI is InChI=1S/C14H22N2O2/c1-17-14-9-5-6-11(16-14)10-18-13-8-4-2-3-7-12(13)15/h5-6,9,12-13H,2-4,7-8,10,15H2,1H3. The van der Waals surface area contributed by atoms with Crippen LogP contribution in [0.2, 0.25) is 0 Å². The van der Waals surface area contributed by atoms with Crippen LogP contribution in [0.3, 0.4) is 0 Å². The van der Waals surface area contributed by atoms with Gasteiger partial charge in [-0.05, 0) is 18.9 Å². The van der Waals surface area contributed by atoms with Crippen molar-refractivity contribution < 1.29 is 9.47 Å². The molecule has 2 rings (SSSR count). The summed E-state index contributed by atoms with van der Waals surface area (Å²) in [6.45, 7) is 0.509. The minimum absolute atomic E-state index is 0.165. The molecule has 1 aliphatic rings.